The second kappa shape index (κ2) is 7.69. The summed E-state index contributed by atoms with van der Waals surface area (Å²) in [5, 5.41) is 6.06. The lowest BCUT2D eigenvalue weighted by Gasteiger charge is -2.28. The predicted molar refractivity (Wildman–Crippen MR) is 91.7 cm³/mol. The lowest BCUT2D eigenvalue weighted by Crippen LogP contribution is -2.38. The number of ether oxygens (including phenoxy) is 1. The third kappa shape index (κ3) is 4.91. The van der Waals surface area contributed by atoms with E-state index in [4.69, 9.17) is 17.0 Å². The number of thiocarbonyl (C=S) groups is 1. The normalized spacial score (nSPS) is 19.1. The van der Waals surface area contributed by atoms with Gasteiger partial charge in [-0.25, -0.2) is 4.98 Å². The smallest absolute Gasteiger partial charge is 0.378 e. The van der Waals surface area contributed by atoms with Crippen LogP contribution in [0.1, 0.15) is 31.4 Å². The summed E-state index contributed by atoms with van der Waals surface area (Å²) >= 11 is 5.19. The van der Waals surface area contributed by atoms with Gasteiger partial charge in [0.15, 0.2) is 10.8 Å². The number of rotatable bonds is 3. The van der Waals surface area contributed by atoms with E-state index in [-0.39, 0.29) is 22.9 Å². The van der Waals surface area contributed by atoms with Crippen LogP contribution in [-0.4, -0.2) is 47.4 Å². The van der Waals surface area contributed by atoms with E-state index in [1.54, 1.807) is 4.90 Å². The van der Waals surface area contributed by atoms with Gasteiger partial charge in [0.1, 0.15) is 5.82 Å². The highest BCUT2D eigenvalue weighted by Crippen LogP contribution is 2.30. The largest absolute Gasteiger partial charge is 0.433 e. The molecule has 1 aromatic rings. The van der Waals surface area contributed by atoms with Gasteiger partial charge in [0.25, 0.3) is 0 Å². The van der Waals surface area contributed by atoms with Crippen molar-refractivity contribution in [2.45, 2.75) is 37.9 Å². The van der Waals surface area contributed by atoms with Gasteiger partial charge in [-0.05, 0) is 25.1 Å². The van der Waals surface area contributed by atoms with Crippen LogP contribution < -0.4 is 15.5 Å². The highest BCUT2D eigenvalue weighted by molar-refractivity contribution is 7.80. The Hall–Kier alpha value is -1.68. The Balaban J connectivity index is 1.77. The van der Waals surface area contributed by atoms with Gasteiger partial charge in [0.05, 0.1) is 13.2 Å². The summed E-state index contributed by atoms with van der Waals surface area (Å²) in [6.07, 6.45) is -0.293. The molecule has 0 atom stereocenters. The van der Waals surface area contributed by atoms with Crippen LogP contribution in [0.4, 0.5) is 24.9 Å². The first-order chi connectivity index (χ1) is 11.9. The van der Waals surface area contributed by atoms with E-state index >= 15 is 0 Å². The van der Waals surface area contributed by atoms with E-state index in [0.717, 1.165) is 31.7 Å². The van der Waals surface area contributed by atoms with E-state index in [9.17, 15) is 13.2 Å². The van der Waals surface area contributed by atoms with Gasteiger partial charge < -0.3 is 20.3 Å². The van der Waals surface area contributed by atoms with Crippen molar-refractivity contribution in [3.8, 4) is 0 Å². The molecule has 0 spiro atoms. The lowest BCUT2D eigenvalue weighted by molar-refractivity contribution is -0.141. The third-order valence-electron chi connectivity index (χ3n) is 4.25. The highest BCUT2D eigenvalue weighted by atomic mass is 32.1. The number of hydrogen-bond acceptors (Lipinski definition) is 5. The van der Waals surface area contributed by atoms with Gasteiger partial charge in [-0.3, -0.25) is 0 Å². The molecule has 0 unspecified atom stereocenters. The zero-order chi connectivity index (χ0) is 17.9. The SMILES string of the molecule is FC(F)(F)c1cc(N2CCOCC2)nc(NC(=S)NC2CCCC2)n1. The van der Waals surface area contributed by atoms with Gasteiger partial charge in [-0.1, -0.05) is 12.8 Å². The van der Waals surface area contributed by atoms with Gasteiger partial charge in [-0.2, -0.15) is 18.2 Å². The molecule has 0 radical (unpaired) electrons. The molecule has 2 N–H and O–H groups in total. The molecule has 1 aromatic heterocycles. The van der Waals surface area contributed by atoms with Gasteiger partial charge >= 0.3 is 6.18 Å². The zero-order valence-corrected chi connectivity index (χ0v) is 14.4. The minimum absolute atomic E-state index is 0.146. The van der Waals surface area contributed by atoms with Crippen molar-refractivity contribution in [3.63, 3.8) is 0 Å². The number of nitrogens with zero attached hydrogens (tertiary/aromatic N) is 3. The van der Waals surface area contributed by atoms with Crippen LogP contribution in [0, 0.1) is 0 Å². The number of morpholine rings is 1. The summed E-state index contributed by atoms with van der Waals surface area (Å²) in [7, 11) is 0. The molecule has 1 saturated heterocycles. The Morgan fingerprint density at radius 1 is 1.20 bits per heavy atom. The molecule has 25 heavy (non-hydrogen) atoms. The van der Waals surface area contributed by atoms with Crippen molar-refractivity contribution in [3.05, 3.63) is 11.8 Å². The molecule has 1 aliphatic heterocycles. The van der Waals surface area contributed by atoms with E-state index in [0.29, 0.717) is 26.3 Å². The maximum absolute atomic E-state index is 13.2. The van der Waals surface area contributed by atoms with Crippen LogP contribution in [0.2, 0.25) is 0 Å². The minimum Gasteiger partial charge on any atom is -0.378 e. The maximum atomic E-state index is 13.2. The molecule has 3 rings (SSSR count). The summed E-state index contributed by atoms with van der Waals surface area (Å²) in [5.74, 6) is 0.0728. The first-order valence-corrected chi connectivity index (χ1v) is 8.69. The molecular formula is C15H20F3N5OS. The second-order valence-electron chi connectivity index (χ2n) is 6.11. The first kappa shape index (κ1) is 18.1. The summed E-state index contributed by atoms with van der Waals surface area (Å²) in [6, 6.07) is 1.22. The fraction of sp³-hybridized carbons (Fsp3) is 0.667. The quantitative estimate of drug-likeness (QED) is 0.788. The number of nitrogens with one attached hydrogen (secondary N) is 2. The van der Waals surface area contributed by atoms with Crippen molar-refractivity contribution < 1.29 is 17.9 Å². The molecule has 0 aromatic carbocycles. The van der Waals surface area contributed by atoms with Crippen LogP contribution in [0.15, 0.2) is 6.07 Å². The Bertz CT molecular complexity index is 616. The van der Waals surface area contributed by atoms with E-state index in [2.05, 4.69) is 20.6 Å². The summed E-state index contributed by atoms with van der Waals surface area (Å²) in [5.41, 5.74) is -0.991. The second-order valence-corrected chi connectivity index (χ2v) is 6.52. The Kier molecular flexibility index (Phi) is 5.57. The molecule has 6 nitrogen and oxygen atoms in total. The average Bonchev–Trinajstić information content (AvgIpc) is 3.07. The molecule has 1 aliphatic carbocycles. The summed E-state index contributed by atoms with van der Waals surface area (Å²) in [6.45, 7) is 1.88. The zero-order valence-electron chi connectivity index (χ0n) is 13.6. The minimum atomic E-state index is -4.55. The van der Waals surface area contributed by atoms with E-state index in [1.807, 2.05) is 0 Å². The lowest BCUT2D eigenvalue weighted by atomic mass is 10.3. The van der Waals surface area contributed by atoms with Crippen LogP contribution in [0.25, 0.3) is 0 Å². The fourth-order valence-electron chi connectivity index (χ4n) is 2.98. The molecule has 2 heterocycles. The number of hydrogen-bond donors (Lipinski definition) is 2. The topological polar surface area (TPSA) is 62.3 Å². The van der Waals surface area contributed by atoms with Crippen LogP contribution >= 0.6 is 12.2 Å². The molecule has 0 bridgehead atoms. The number of anilines is 2. The van der Waals surface area contributed by atoms with E-state index < -0.39 is 11.9 Å². The summed E-state index contributed by atoms with van der Waals surface area (Å²) in [4.78, 5) is 9.54. The predicted octanol–water partition coefficient (Wildman–Crippen LogP) is 2.56. The number of halogens is 3. The molecular weight excluding hydrogens is 355 g/mol. The number of alkyl halides is 3. The van der Waals surface area contributed by atoms with Crippen molar-refractivity contribution >= 4 is 29.1 Å². The Morgan fingerprint density at radius 2 is 1.88 bits per heavy atom. The van der Waals surface area contributed by atoms with Gasteiger partial charge in [-0.15, -0.1) is 0 Å². The van der Waals surface area contributed by atoms with Gasteiger partial charge in [0.2, 0.25) is 5.95 Å². The Morgan fingerprint density at radius 3 is 2.52 bits per heavy atom. The fourth-order valence-corrected chi connectivity index (χ4v) is 3.24. The molecule has 1 saturated carbocycles. The van der Waals surface area contributed by atoms with Crippen molar-refractivity contribution in [1.82, 2.24) is 15.3 Å². The van der Waals surface area contributed by atoms with Crippen molar-refractivity contribution in [1.29, 1.82) is 0 Å². The Labute approximate surface area is 149 Å². The van der Waals surface area contributed by atoms with Crippen molar-refractivity contribution in [2.24, 2.45) is 0 Å². The maximum Gasteiger partial charge on any atom is 0.433 e. The van der Waals surface area contributed by atoms with Gasteiger partial charge in [0, 0.05) is 25.2 Å². The molecule has 10 heteroatoms. The molecule has 138 valence electrons. The van der Waals surface area contributed by atoms with Crippen LogP contribution in [0.5, 0.6) is 0 Å². The van der Waals surface area contributed by atoms with E-state index in [1.165, 1.54) is 0 Å². The number of aromatic nitrogens is 2. The monoisotopic (exact) mass is 375 g/mol. The first-order valence-electron chi connectivity index (χ1n) is 8.28. The highest BCUT2D eigenvalue weighted by Gasteiger charge is 2.34. The summed E-state index contributed by atoms with van der Waals surface area (Å²) < 4.78 is 44.7. The average molecular weight is 375 g/mol. The third-order valence-corrected chi connectivity index (χ3v) is 4.47. The van der Waals surface area contributed by atoms with Crippen LogP contribution in [0.3, 0.4) is 0 Å². The molecule has 0 amide bonds. The van der Waals surface area contributed by atoms with Crippen molar-refractivity contribution in [2.75, 3.05) is 36.5 Å². The molecule has 2 fully saturated rings. The van der Waals surface area contributed by atoms with Crippen LogP contribution in [-0.2, 0) is 10.9 Å². The molecule has 2 aliphatic rings. The standard InChI is InChI=1S/C15H20F3N5OS/c16-15(17,18)11-9-12(23-5-7-24-8-6-23)21-13(20-11)22-14(25)19-10-3-1-2-4-10/h9-10H,1-8H2,(H2,19,20,21,22,25).